The third-order valence-corrected chi connectivity index (χ3v) is 3.31. The van der Waals surface area contributed by atoms with Crippen LogP contribution in [0.1, 0.15) is 0 Å². The van der Waals surface area contributed by atoms with Crippen molar-refractivity contribution in [3.05, 3.63) is 29.3 Å². The number of ether oxygens (including phenoxy) is 1. The minimum Gasteiger partial charge on any atom is -0.437 e. The van der Waals surface area contributed by atoms with Gasteiger partial charge in [-0.05, 0) is 18.2 Å². The van der Waals surface area contributed by atoms with E-state index in [1.165, 1.54) is 6.07 Å². The van der Waals surface area contributed by atoms with Gasteiger partial charge in [0.2, 0.25) is 7.59 Å². The SMILES string of the molecule is O=C(Nc1cccc(Cl)c1)OC(C(Cl)(Cl)Cl)C(Cl)(Cl)Cl. The van der Waals surface area contributed by atoms with Gasteiger partial charge in [-0.2, -0.15) is 0 Å². The highest BCUT2D eigenvalue weighted by atomic mass is 35.6. The molecule has 20 heavy (non-hydrogen) atoms. The van der Waals surface area contributed by atoms with Gasteiger partial charge in [0.05, 0.1) is 0 Å². The van der Waals surface area contributed by atoms with Gasteiger partial charge in [0.1, 0.15) is 0 Å². The van der Waals surface area contributed by atoms with Gasteiger partial charge in [0, 0.05) is 10.7 Å². The van der Waals surface area contributed by atoms with Crippen molar-refractivity contribution in [2.75, 3.05) is 5.32 Å². The van der Waals surface area contributed by atoms with Crippen molar-refractivity contribution < 1.29 is 9.53 Å². The highest BCUT2D eigenvalue weighted by Crippen LogP contribution is 2.45. The summed E-state index contributed by atoms with van der Waals surface area (Å²) in [5, 5.41) is 2.78. The van der Waals surface area contributed by atoms with Crippen molar-refractivity contribution in [2.24, 2.45) is 0 Å². The molecule has 0 aliphatic carbocycles. The van der Waals surface area contributed by atoms with Gasteiger partial charge in [-0.15, -0.1) is 0 Å². The molecule has 0 aliphatic rings. The summed E-state index contributed by atoms with van der Waals surface area (Å²) >= 11 is 39.4. The second-order valence-electron chi connectivity index (χ2n) is 3.50. The van der Waals surface area contributed by atoms with Gasteiger partial charge in [-0.1, -0.05) is 87.3 Å². The summed E-state index contributed by atoms with van der Waals surface area (Å²) in [5.41, 5.74) is 0.370. The molecular weight excluding hydrogens is 414 g/mol. The summed E-state index contributed by atoms with van der Waals surface area (Å²) in [6.45, 7) is 0. The van der Waals surface area contributed by atoms with Crippen molar-refractivity contribution in [3.8, 4) is 0 Å². The lowest BCUT2D eigenvalue weighted by atomic mass is 10.3. The standard InChI is InChI=1S/C10H6Cl7NO2/c11-5-2-1-3-6(4-5)18-8(19)20-7(9(12,13)14)10(15,16)17/h1-4,7H,(H,18,19). The maximum absolute atomic E-state index is 11.7. The Morgan fingerprint density at radius 3 is 2.10 bits per heavy atom. The predicted octanol–water partition coefficient (Wildman–Crippen LogP) is 6.00. The van der Waals surface area contributed by atoms with Gasteiger partial charge in [-0.25, -0.2) is 4.79 Å². The number of nitrogens with one attached hydrogen (secondary N) is 1. The van der Waals surface area contributed by atoms with Crippen LogP contribution in [0.5, 0.6) is 0 Å². The van der Waals surface area contributed by atoms with Crippen LogP contribution in [0.3, 0.4) is 0 Å². The van der Waals surface area contributed by atoms with Crippen LogP contribution in [0.25, 0.3) is 0 Å². The predicted molar refractivity (Wildman–Crippen MR) is 85.9 cm³/mol. The highest BCUT2D eigenvalue weighted by Gasteiger charge is 2.49. The monoisotopic (exact) mass is 417 g/mol. The van der Waals surface area contributed by atoms with Crippen molar-refractivity contribution in [2.45, 2.75) is 13.7 Å². The largest absolute Gasteiger partial charge is 0.437 e. The summed E-state index contributed by atoms with van der Waals surface area (Å²) < 4.78 is 0.610. The molecule has 0 aromatic heterocycles. The lowest BCUT2D eigenvalue weighted by Gasteiger charge is -2.29. The number of alkyl halides is 6. The second kappa shape index (κ2) is 7.19. The van der Waals surface area contributed by atoms with E-state index in [0.717, 1.165) is 0 Å². The van der Waals surface area contributed by atoms with Crippen molar-refractivity contribution >= 4 is 93.0 Å². The number of anilines is 1. The maximum atomic E-state index is 11.7. The first-order valence-electron chi connectivity index (χ1n) is 4.87. The van der Waals surface area contributed by atoms with Crippen LogP contribution < -0.4 is 5.32 Å². The first kappa shape index (κ1) is 18.6. The van der Waals surface area contributed by atoms with E-state index in [2.05, 4.69) is 5.32 Å². The Bertz CT molecular complexity index is 469. The number of amides is 1. The zero-order valence-corrected chi connectivity index (χ0v) is 14.6. The Hall–Kier alpha value is 0.520. The van der Waals surface area contributed by atoms with E-state index < -0.39 is 19.8 Å². The first-order chi connectivity index (χ1) is 9.00. The summed E-state index contributed by atoms with van der Waals surface area (Å²) in [6.07, 6.45) is -2.57. The number of hydrogen-bond donors (Lipinski definition) is 1. The molecule has 0 heterocycles. The number of rotatable bonds is 2. The maximum Gasteiger partial charge on any atom is 0.412 e. The summed E-state index contributed by atoms with van der Waals surface area (Å²) in [4.78, 5) is 11.7. The van der Waals surface area contributed by atoms with Crippen LogP contribution in [0.2, 0.25) is 5.02 Å². The van der Waals surface area contributed by atoms with Crippen LogP contribution >= 0.6 is 81.2 Å². The summed E-state index contributed by atoms with van der Waals surface area (Å²) in [6, 6.07) is 6.32. The zero-order chi connectivity index (χ0) is 15.6. The third-order valence-electron chi connectivity index (χ3n) is 1.89. The molecule has 0 unspecified atom stereocenters. The Balaban J connectivity index is 2.78. The zero-order valence-electron chi connectivity index (χ0n) is 9.35. The van der Waals surface area contributed by atoms with Crippen LogP contribution in [0.15, 0.2) is 24.3 Å². The third kappa shape index (κ3) is 6.10. The molecule has 0 aliphatic heterocycles. The molecule has 1 rings (SSSR count). The minimum atomic E-state index is -2.11. The molecule has 1 amide bonds. The number of benzene rings is 1. The quantitative estimate of drug-likeness (QED) is 0.597. The Morgan fingerprint density at radius 2 is 1.65 bits per heavy atom. The molecule has 0 bridgehead atoms. The number of carbonyl (C=O) groups excluding carboxylic acids is 1. The van der Waals surface area contributed by atoms with Gasteiger partial charge in [0.15, 0.2) is 6.10 Å². The molecule has 10 heteroatoms. The molecule has 1 aromatic rings. The average molecular weight is 420 g/mol. The van der Waals surface area contributed by atoms with Crippen LogP contribution in [0.4, 0.5) is 10.5 Å². The fourth-order valence-electron chi connectivity index (χ4n) is 1.14. The van der Waals surface area contributed by atoms with Crippen molar-refractivity contribution in [1.82, 2.24) is 0 Å². The Kier molecular flexibility index (Phi) is 6.67. The molecule has 0 radical (unpaired) electrons. The molecular formula is C10H6Cl7NO2. The van der Waals surface area contributed by atoms with Crippen molar-refractivity contribution in [1.29, 1.82) is 0 Å². The normalized spacial score (nSPS) is 12.4. The van der Waals surface area contributed by atoms with E-state index in [1.54, 1.807) is 18.2 Å². The highest BCUT2D eigenvalue weighted by molar-refractivity contribution is 6.73. The van der Waals surface area contributed by atoms with E-state index in [1.807, 2.05) is 0 Å². The van der Waals surface area contributed by atoms with E-state index in [9.17, 15) is 4.79 Å². The van der Waals surface area contributed by atoms with Gasteiger partial charge in [0.25, 0.3) is 0 Å². The molecule has 112 valence electrons. The molecule has 0 saturated heterocycles. The van der Waals surface area contributed by atoms with Crippen LogP contribution in [0, 0.1) is 0 Å². The van der Waals surface area contributed by atoms with Crippen molar-refractivity contribution in [3.63, 3.8) is 0 Å². The van der Waals surface area contributed by atoms with Gasteiger partial charge in [-0.3, -0.25) is 5.32 Å². The number of carbonyl (C=O) groups is 1. The molecule has 0 atom stereocenters. The summed E-state index contributed by atoms with van der Waals surface area (Å²) in [5.74, 6) is 0. The van der Waals surface area contributed by atoms with E-state index >= 15 is 0 Å². The van der Waals surface area contributed by atoms with Gasteiger partial charge >= 0.3 is 6.09 Å². The number of halogens is 7. The molecule has 1 N–H and O–H groups in total. The van der Waals surface area contributed by atoms with Crippen LogP contribution in [-0.4, -0.2) is 19.8 Å². The van der Waals surface area contributed by atoms with E-state index in [-0.39, 0.29) is 0 Å². The topological polar surface area (TPSA) is 38.3 Å². The van der Waals surface area contributed by atoms with E-state index in [4.69, 9.17) is 85.9 Å². The average Bonchev–Trinajstić information content (AvgIpc) is 2.22. The Morgan fingerprint density at radius 1 is 1.10 bits per heavy atom. The van der Waals surface area contributed by atoms with E-state index in [0.29, 0.717) is 10.7 Å². The minimum absolute atomic E-state index is 0.370. The first-order valence-corrected chi connectivity index (χ1v) is 7.51. The fraction of sp³-hybridized carbons (Fsp3) is 0.300. The number of hydrogen-bond acceptors (Lipinski definition) is 2. The lowest BCUT2D eigenvalue weighted by molar-refractivity contribution is 0.114. The lowest BCUT2D eigenvalue weighted by Crippen LogP contribution is -2.42. The molecule has 1 aromatic carbocycles. The molecule has 0 spiro atoms. The van der Waals surface area contributed by atoms with Gasteiger partial charge < -0.3 is 4.74 Å². The second-order valence-corrected chi connectivity index (χ2v) is 8.68. The molecule has 3 nitrogen and oxygen atoms in total. The molecule has 0 fully saturated rings. The Labute approximate surface area is 150 Å². The molecule has 0 saturated carbocycles. The summed E-state index contributed by atoms with van der Waals surface area (Å²) in [7, 11) is 0. The van der Waals surface area contributed by atoms with Crippen LogP contribution in [-0.2, 0) is 4.74 Å². The smallest absolute Gasteiger partial charge is 0.412 e. The fourth-order valence-corrected chi connectivity index (χ4v) is 3.08.